The van der Waals surface area contributed by atoms with Crippen LogP contribution in [0.1, 0.15) is 59.8 Å². The lowest BCUT2D eigenvalue weighted by Gasteiger charge is -2.39. The molecule has 1 saturated carbocycles. The smallest absolute Gasteiger partial charge is 0.326 e. The molecule has 5 heteroatoms. The van der Waals surface area contributed by atoms with Crippen molar-refractivity contribution in [2.45, 2.75) is 77.9 Å². The second-order valence-corrected chi connectivity index (χ2v) is 6.01. The van der Waals surface area contributed by atoms with Gasteiger partial charge in [0.1, 0.15) is 6.04 Å². The predicted molar refractivity (Wildman–Crippen MR) is 78.2 cm³/mol. The van der Waals surface area contributed by atoms with Crippen molar-refractivity contribution in [3.63, 3.8) is 0 Å². The molecule has 0 aromatic rings. The summed E-state index contributed by atoms with van der Waals surface area (Å²) in [4.78, 5) is 25.1. The molecule has 1 aliphatic carbocycles. The Balaban J connectivity index is 0.000000956. The summed E-state index contributed by atoms with van der Waals surface area (Å²) in [6.07, 6.45) is 4.66. The molecule has 0 aromatic heterocycles. The third kappa shape index (κ3) is 2.97. The van der Waals surface area contributed by atoms with E-state index in [0.717, 1.165) is 25.7 Å². The molecule has 2 aliphatic rings. The zero-order chi connectivity index (χ0) is 15.5. The van der Waals surface area contributed by atoms with Crippen molar-refractivity contribution in [3.8, 4) is 0 Å². The van der Waals surface area contributed by atoms with Crippen LogP contribution in [0, 0.1) is 5.41 Å². The molecule has 4 atom stereocenters. The van der Waals surface area contributed by atoms with E-state index in [9.17, 15) is 14.7 Å². The average Bonchev–Trinajstić information content (AvgIpc) is 2.73. The number of carbonyl (C=O) groups is 2. The van der Waals surface area contributed by atoms with E-state index in [0.29, 0.717) is 6.42 Å². The van der Waals surface area contributed by atoms with Crippen LogP contribution in [0.4, 0.5) is 0 Å². The number of carbonyl (C=O) groups excluding carboxylic acids is 1. The fraction of sp³-hybridized carbons (Fsp3) is 0.867. The van der Waals surface area contributed by atoms with Gasteiger partial charge in [-0.2, -0.15) is 0 Å². The van der Waals surface area contributed by atoms with Crippen molar-refractivity contribution < 1.29 is 14.7 Å². The van der Waals surface area contributed by atoms with Gasteiger partial charge in [0, 0.05) is 6.04 Å². The third-order valence-electron chi connectivity index (χ3n) is 4.54. The van der Waals surface area contributed by atoms with Crippen LogP contribution in [0.2, 0.25) is 0 Å². The van der Waals surface area contributed by atoms with E-state index in [2.05, 4.69) is 6.92 Å². The van der Waals surface area contributed by atoms with Crippen molar-refractivity contribution in [2.24, 2.45) is 11.1 Å². The number of aliphatic carboxylic acids is 1. The van der Waals surface area contributed by atoms with E-state index < -0.39 is 18.1 Å². The van der Waals surface area contributed by atoms with Crippen molar-refractivity contribution in [1.29, 1.82) is 0 Å². The Hall–Kier alpha value is -1.10. The van der Waals surface area contributed by atoms with Gasteiger partial charge in [0.05, 0.1) is 6.04 Å². The zero-order valence-electron chi connectivity index (χ0n) is 13.1. The lowest BCUT2D eigenvalue weighted by atomic mass is 9.71. The van der Waals surface area contributed by atoms with Crippen molar-refractivity contribution >= 4 is 11.9 Å². The highest BCUT2D eigenvalue weighted by molar-refractivity contribution is 5.87. The Morgan fingerprint density at radius 3 is 2.45 bits per heavy atom. The number of nitrogens with zero attached hydrogens (tertiary/aromatic N) is 1. The fourth-order valence-corrected chi connectivity index (χ4v) is 3.60. The second kappa shape index (κ2) is 6.57. The molecule has 0 spiro atoms. The number of carboxylic acids is 1. The Morgan fingerprint density at radius 2 is 1.95 bits per heavy atom. The third-order valence-corrected chi connectivity index (χ3v) is 4.54. The van der Waals surface area contributed by atoms with E-state index >= 15 is 0 Å². The number of fused-ring (bicyclic) bond motifs is 1. The van der Waals surface area contributed by atoms with Gasteiger partial charge in [0.2, 0.25) is 5.91 Å². The van der Waals surface area contributed by atoms with Crippen LogP contribution < -0.4 is 5.73 Å². The molecule has 2 rings (SSSR count). The first kappa shape index (κ1) is 17.0. The summed E-state index contributed by atoms with van der Waals surface area (Å²) in [5.74, 6) is -1.13. The molecule has 20 heavy (non-hydrogen) atoms. The molecule has 0 bridgehead atoms. The van der Waals surface area contributed by atoms with E-state index in [4.69, 9.17) is 5.73 Å². The molecular formula is C15H28N2O3. The van der Waals surface area contributed by atoms with Gasteiger partial charge < -0.3 is 15.7 Å². The van der Waals surface area contributed by atoms with Crippen LogP contribution >= 0.6 is 0 Å². The number of nitrogens with two attached hydrogens (primary N) is 1. The SMILES string of the molecule is CC.C[C@H](N)C(=O)N1[C@H]2CCCC[C@@]2(C)C[C@H]1C(=O)O. The summed E-state index contributed by atoms with van der Waals surface area (Å²) < 4.78 is 0. The number of rotatable bonds is 2. The Labute approximate surface area is 121 Å². The normalized spacial score (nSPS) is 33.8. The molecule has 0 radical (unpaired) electrons. The second-order valence-electron chi connectivity index (χ2n) is 6.01. The average molecular weight is 284 g/mol. The van der Waals surface area contributed by atoms with E-state index in [1.54, 1.807) is 11.8 Å². The summed E-state index contributed by atoms with van der Waals surface area (Å²) in [6.45, 7) is 7.74. The van der Waals surface area contributed by atoms with Crippen molar-refractivity contribution in [1.82, 2.24) is 4.90 Å². The maximum absolute atomic E-state index is 12.2. The van der Waals surface area contributed by atoms with Crippen LogP contribution in [0.3, 0.4) is 0 Å². The number of hydrogen-bond acceptors (Lipinski definition) is 3. The summed E-state index contributed by atoms with van der Waals surface area (Å²) >= 11 is 0. The molecule has 116 valence electrons. The summed E-state index contributed by atoms with van der Waals surface area (Å²) in [6, 6.07) is -1.28. The van der Waals surface area contributed by atoms with Crippen LogP contribution in [-0.4, -0.2) is 40.0 Å². The summed E-state index contributed by atoms with van der Waals surface area (Å²) in [5, 5.41) is 9.34. The molecular weight excluding hydrogens is 256 g/mol. The lowest BCUT2D eigenvalue weighted by molar-refractivity contribution is -0.150. The molecule has 2 fully saturated rings. The van der Waals surface area contributed by atoms with Crippen molar-refractivity contribution in [3.05, 3.63) is 0 Å². The van der Waals surface area contributed by atoms with Gasteiger partial charge in [-0.15, -0.1) is 0 Å². The molecule has 3 N–H and O–H groups in total. The lowest BCUT2D eigenvalue weighted by Crippen LogP contribution is -2.52. The summed E-state index contributed by atoms with van der Waals surface area (Å²) in [7, 11) is 0. The Kier molecular flexibility index (Phi) is 5.57. The van der Waals surface area contributed by atoms with Gasteiger partial charge in [-0.3, -0.25) is 4.79 Å². The van der Waals surface area contributed by atoms with Gasteiger partial charge in [-0.25, -0.2) is 4.79 Å². The predicted octanol–water partition coefficient (Wildman–Crippen LogP) is 1.99. The van der Waals surface area contributed by atoms with E-state index in [-0.39, 0.29) is 17.4 Å². The summed E-state index contributed by atoms with van der Waals surface area (Å²) in [5.41, 5.74) is 5.61. The highest BCUT2D eigenvalue weighted by Gasteiger charge is 2.54. The number of hydrogen-bond donors (Lipinski definition) is 2. The molecule has 1 aliphatic heterocycles. The van der Waals surface area contributed by atoms with Gasteiger partial charge in [0.25, 0.3) is 0 Å². The first-order valence-electron chi connectivity index (χ1n) is 7.67. The standard InChI is InChI=1S/C13H22N2O3.C2H6/c1-8(14)11(16)15-9(12(17)18)7-13(2)6-4-3-5-10(13)15;1-2/h8-10H,3-7,14H2,1-2H3,(H,17,18);1-2H3/t8-,9-,10-,13-;/m0./s1. The van der Waals surface area contributed by atoms with E-state index in [1.807, 2.05) is 13.8 Å². The van der Waals surface area contributed by atoms with Gasteiger partial charge in [0.15, 0.2) is 0 Å². The number of amides is 1. The minimum absolute atomic E-state index is 0.0471. The van der Waals surface area contributed by atoms with Crippen LogP contribution in [0.25, 0.3) is 0 Å². The maximum atomic E-state index is 12.2. The largest absolute Gasteiger partial charge is 0.480 e. The number of carboxylic acid groups (broad SMARTS) is 1. The minimum Gasteiger partial charge on any atom is -0.480 e. The molecule has 1 amide bonds. The fourth-order valence-electron chi connectivity index (χ4n) is 3.60. The first-order valence-corrected chi connectivity index (χ1v) is 7.67. The molecule has 5 nitrogen and oxygen atoms in total. The van der Waals surface area contributed by atoms with E-state index in [1.165, 1.54) is 0 Å². The van der Waals surface area contributed by atoms with Gasteiger partial charge >= 0.3 is 5.97 Å². The molecule has 0 aromatic carbocycles. The Morgan fingerprint density at radius 1 is 1.35 bits per heavy atom. The number of likely N-dealkylation sites (tertiary alicyclic amines) is 1. The maximum Gasteiger partial charge on any atom is 0.326 e. The van der Waals surface area contributed by atoms with Crippen LogP contribution in [0.15, 0.2) is 0 Å². The van der Waals surface area contributed by atoms with Crippen LogP contribution in [0.5, 0.6) is 0 Å². The van der Waals surface area contributed by atoms with Gasteiger partial charge in [-0.1, -0.05) is 33.6 Å². The quantitative estimate of drug-likeness (QED) is 0.812. The monoisotopic (exact) mass is 284 g/mol. The topological polar surface area (TPSA) is 83.6 Å². The highest BCUT2D eigenvalue weighted by Crippen LogP contribution is 2.49. The van der Waals surface area contributed by atoms with Gasteiger partial charge in [-0.05, 0) is 31.6 Å². The minimum atomic E-state index is -0.903. The van der Waals surface area contributed by atoms with Crippen molar-refractivity contribution in [2.75, 3.05) is 0 Å². The van der Waals surface area contributed by atoms with Crippen LogP contribution in [-0.2, 0) is 9.59 Å². The highest BCUT2D eigenvalue weighted by atomic mass is 16.4. The molecule has 0 unspecified atom stereocenters. The molecule has 1 heterocycles. The first-order chi connectivity index (χ1) is 9.37. The molecule has 1 saturated heterocycles. The zero-order valence-corrected chi connectivity index (χ0v) is 13.1. The Bertz CT molecular complexity index is 370.